The van der Waals surface area contributed by atoms with Gasteiger partial charge in [-0.1, -0.05) is 12.8 Å². The van der Waals surface area contributed by atoms with Crippen LogP contribution < -0.4 is 22.9 Å². The molecule has 23 heavy (non-hydrogen) atoms. The van der Waals surface area contributed by atoms with Crippen LogP contribution in [0.15, 0.2) is 0 Å². The van der Waals surface area contributed by atoms with Gasteiger partial charge in [-0.25, -0.2) is 9.59 Å². The Kier molecular flexibility index (Phi) is 10.7. The van der Waals surface area contributed by atoms with Gasteiger partial charge in [-0.15, -0.1) is 8.42 Å². The number of carbonyl (C=O) groups excluding carboxylic acids is 2. The van der Waals surface area contributed by atoms with E-state index in [0.717, 1.165) is 0 Å². The number of unbranched alkanes of at least 4 members (excludes halogenated alkanes) is 2. The Morgan fingerprint density at radius 3 is 1.43 bits per heavy atom. The lowest BCUT2D eigenvalue weighted by atomic mass is 10.1. The van der Waals surface area contributed by atoms with E-state index in [1.165, 1.54) is 0 Å². The standard InChI is InChI=1S/C12H26N4O6S/c13-7-3-1-5-9(15)11(17)21-23(19,20)22-12(18)10(16)6-2-4-8-14/h9-10H,1-8,13-16H2/t9-,10-/m0/s1. The van der Waals surface area contributed by atoms with Gasteiger partial charge < -0.3 is 31.3 Å². The Morgan fingerprint density at radius 1 is 0.783 bits per heavy atom. The molecule has 11 heteroatoms. The first-order valence-corrected chi connectivity index (χ1v) is 8.69. The number of rotatable bonds is 12. The first kappa shape index (κ1) is 21.7. The smallest absolute Gasteiger partial charge is 0.330 e. The second-order valence-electron chi connectivity index (χ2n) is 4.99. The van der Waals surface area contributed by atoms with Gasteiger partial charge in [0.1, 0.15) is 12.1 Å². The van der Waals surface area contributed by atoms with Crippen molar-refractivity contribution in [3.8, 4) is 0 Å². The highest BCUT2D eigenvalue weighted by Crippen LogP contribution is 2.07. The molecule has 0 fully saturated rings. The minimum absolute atomic E-state index is 0.206. The molecule has 0 aliphatic heterocycles. The molecule has 0 bridgehead atoms. The average molecular weight is 354 g/mol. The van der Waals surface area contributed by atoms with Crippen LogP contribution in [-0.4, -0.2) is 45.5 Å². The van der Waals surface area contributed by atoms with Gasteiger partial charge >= 0.3 is 22.3 Å². The molecular formula is C12H26N4O6S. The molecule has 136 valence electrons. The van der Waals surface area contributed by atoms with Crippen LogP contribution in [0.5, 0.6) is 0 Å². The second-order valence-corrected chi connectivity index (χ2v) is 6.14. The highest BCUT2D eigenvalue weighted by Gasteiger charge is 2.28. The maximum absolute atomic E-state index is 11.5. The van der Waals surface area contributed by atoms with Crippen LogP contribution in [-0.2, 0) is 28.4 Å². The second kappa shape index (κ2) is 11.3. The summed E-state index contributed by atoms with van der Waals surface area (Å²) in [4.78, 5) is 23.0. The van der Waals surface area contributed by atoms with Crippen LogP contribution in [0, 0.1) is 0 Å². The summed E-state index contributed by atoms with van der Waals surface area (Å²) in [6.07, 6.45) is 2.77. The lowest BCUT2D eigenvalue weighted by molar-refractivity contribution is -0.139. The van der Waals surface area contributed by atoms with Crippen molar-refractivity contribution in [1.29, 1.82) is 0 Å². The molecule has 0 aliphatic carbocycles. The maximum atomic E-state index is 11.5. The molecule has 0 aliphatic rings. The fourth-order valence-electron chi connectivity index (χ4n) is 1.59. The topological polar surface area (TPSA) is 191 Å². The minimum atomic E-state index is -4.84. The van der Waals surface area contributed by atoms with Crippen molar-refractivity contribution < 1.29 is 26.4 Å². The van der Waals surface area contributed by atoms with Crippen molar-refractivity contribution >= 4 is 22.3 Å². The summed E-state index contributed by atoms with van der Waals surface area (Å²) in [6, 6.07) is -2.29. The fraction of sp³-hybridized carbons (Fsp3) is 0.833. The molecule has 0 rings (SSSR count). The summed E-state index contributed by atoms with van der Waals surface area (Å²) in [5, 5.41) is 0. The van der Waals surface area contributed by atoms with Crippen LogP contribution in [0.25, 0.3) is 0 Å². The van der Waals surface area contributed by atoms with Gasteiger partial charge in [-0.2, -0.15) is 0 Å². The molecule has 8 N–H and O–H groups in total. The zero-order valence-corrected chi connectivity index (χ0v) is 13.8. The van der Waals surface area contributed by atoms with Crippen molar-refractivity contribution in [3.05, 3.63) is 0 Å². The third-order valence-corrected chi connectivity index (χ3v) is 3.65. The largest absolute Gasteiger partial charge is 0.506 e. The minimum Gasteiger partial charge on any atom is -0.330 e. The number of hydrogen-bond donors (Lipinski definition) is 4. The monoisotopic (exact) mass is 354 g/mol. The molecule has 0 aromatic rings. The third-order valence-electron chi connectivity index (χ3n) is 2.91. The molecule has 0 unspecified atom stereocenters. The van der Waals surface area contributed by atoms with Crippen molar-refractivity contribution in [1.82, 2.24) is 0 Å². The van der Waals surface area contributed by atoms with Crippen molar-refractivity contribution in [2.75, 3.05) is 13.1 Å². The highest BCUT2D eigenvalue weighted by atomic mass is 32.3. The maximum Gasteiger partial charge on any atom is 0.506 e. The normalized spacial score (nSPS) is 14.1. The van der Waals surface area contributed by atoms with Crippen molar-refractivity contribution in [3.63, 3.8) is 0 Å². The van der Waals surface area contributed by atoms with E-state index in [-0.39, 0.29) is 12.8 Å². The van der Waals surface area contributed by atoms with Gasteiger partial charge in [0.05, 0.1) is 0 Å². The van der Waals surface area contributed by atoms with E-state index < -0.39 is 34.4 Å². The summed E-state index contributed by atoms with van der Waals surface area (Å²) >= 11 is 0. The number of nitrogens with two attached hydrogens (primary N) is 4. The summed E-state index contributed by atoms with van der Waals surface area (Å²) in [5.41, 5.74) is 21.5. The predicted molar refractivity (Wildman–Crippen MR) is 82.9 cm³/mol. The van der Waals surface area contributed by atoms with Gasteiger partial charge in [0.25, 0.3) is 0 Å². The predicted octanol–water partition coefficient (Wildman–Crippen LogP) is -1.77. The van der Waals surface area contributed by atoms with Crippen LogP contribution in [0.2, 0.25) is 0 Å². The van der Waals surface area contributed by atoms with E-state index in [0.29, 0.717) is 38.8 Å². The van der Waals surface area contributed by atoms with E-state index in [1.807, 2.05) is 0 Å². The van der Waals surface area contributed by atoms with Crippen LogP contribution in [0.4, 0.5) is 0 Å². The zero-order chi connectivity index (χ0) is 17.9. The highest BCUT2D eigenvalue weighted by molar-refractivity contribution is 7.82. The first-order valence-electron chi connectivity index (χ1n) is 7.36. The van der Waals surface area contributed by atoms with E-state index in [4.69, 9.17) is 22.9 Å². The summed E-state index contributed by atoms with van der Waals surface area (Å²) in [6.45, 7) is 0.861. The van der Waals surface area contributed by atoms with Gasteiger partial charge in [0.2, 0.25) is 0 Å². The Balaban J connectivity index is 4.35. The van der Waals surface area contributed by atoms with Crippen molar-refractivity contribution in [2.24, 2.45) is 22.9 Å². The van der Waals surface area contributed by atoms with Crippen LogP contribution >= 0.6 is 0 Å². The summed E-state index contributed by atoms with van der Waals surface area (Å²) in [5.74, 6) is -2.40. The van der Waals surface area contributed by atoms with E-state index in [1.54, 1.807) is 0 Å². The van der Waals surface area contributed by atoms with Crippen LogP contribution in [0.3, 0.4) is 0 Å². The molecule has 10 nitrogen and oxygen atoms in total. The molecule has 0 aromatic heterocycles. The molecular weight excluding hydrogens is 328 g/mol. The van der Waals surface area contributed by atoms with E-state index in [2.05, 4.69) is 8.37 Å². The van der Waals surface area contributed by atoms with Crippen LogP contribution in [0.1, 0.15) is 38.5 Å². The van der Waals surface area contributed by atoms with Crippen molar-refractivity contribution in [2.45, 2.75) is 50.6 Å². The summed E-state index contributed by atoms with van der Waals surface area (Å²) in [7, 11) is -4.84. The number of hydrogen-bond acceptors (Lipinski definition) is 10. The Morgan fingerprint density at radius 2 is 1.13 bits per heavy atom. The fourth-order valence-corrected chi connectivity index (χ4v) is 2.28. The molecule has 0 amide bonds. The number of carbonyl (C=O) groups is 2. The first-order chi connectivity index (χ1) is 10.7. The lowest BCUT2D eigenvalue weighted by Gasteiger charge is -2.12. The quantitative estimate of drug-likeness (QED) is 0.291. The van der Waals surface area contributed by atoms with Gasteiger partial charge in [0, 0.05) is 0 Å². The van der Waals surface area contributed by atoms with Gasteiger partial charge in [-0.3, -0.25) is 0 Å². The molecule has 0 saturated carbocycles. The Hall–Kier alpha value is -1.27. The molecule has 0 radical (unpaired) electrons. The van der Waals surface area contributed by atoms with E-state index in [9.17, 15) is 18.0 Å². The Labute approximate surface area is 136 Å². The third kappa shape index (κ3) is 10.2. The summed E-state index contributed by atoms with van der Waals surface area (Å²) < 4.78 is 31.2. The van der Waals surface area contributed by atoms with Gasteiger partial charge in [0.15, 0.2) is 0 Å². The molecule has 2 atom stereocenters. The lowest BCUT2D eigenvalue weighted by Crippen LogP contribution is -2.37. The SMILES string of the molecule is NCCCC[C@H](N)C(=O)OS(=O)(=O)OC(=O)[C@@H](N)CCCCN. The zero-order valence-electron chi connectivity index (χ0n) is 13.0. The van der Waals surface area contributed by atoms with E-state index >= 15 is 0 Å². The average Bonchev–Trinajstić information content (AvgIpc) is 2.46. The molecule has 0 spiro atoms. The van der Waals surface area contributed by atoms with Gasteiger partial charge in [-0.05, 0) is 38.8 Å². The molecule has 0 aromatic carbocycles. The molecule has 0 saturated heterocycles. The molecule has 0 heterocycles. The Bertz CT molecular complexity index is 434.